The van der Waals surface area contributed by atoms with Crippen molar-refractivity contribution in [2.24, 2.45) is 5.92 Å². The van der Waals surface area contributed by atoms with E-state index in [1.165, 1.54) is 0 Å². The molecule has 0 aromatic carbocycles. The Kier molecular flexibility index (Phi) is 4.82. The standard InChI is InChI=1S/C15H19N5O3/c1-10-17-14(23-20-10)13(11-5-8-22-9-6-11)19-15(21)18-12-4-2-3-7-16-12/h2-4,7,11,13H,5-6,8-9H2,1H3,(H2,16,18,19,21)/t13-/m0/s1. The summed E-state index contributed by atoms with van der Waals surface area (Å²) >= 11 is 0. The number of aryl methyl sites for hydroxylation is 1. The van der Waals surface area contributed by atoms with Crippen LogP contribution >= 0.6 is 0 Å². The van der Waals surface area contributed by atoms with Crippen LogP contribution < -0.4 is 10.6 Å². The summed E-state index contributed by atoms with van der Waals surface area (Å²) in [6.07, 6.45) is 3.28. The van der Waals surface area contributed by atoms with Crippen molar-refractivity contribution in [2.45, 2.75) is 25.8 Å². The van der Waals surface area contributed by atoms with Gasteiger partial charge in [-0.3, -0.25) is 5.32 Å². The molecule has 2 aromatic rings. The predicted octanol–water partition coefficient (Wildman–Crippen LogP) is 2.06. The van der Waals surface area contributed by atoms with Crippen LogP contribution in [0.25, 0.3) is 0 Å². The first-order valence-corrected chi connectivity index (χ1v) is 7.59. The van der Waals surface area contributed by atoms with Gasteiger partial charge < -0.3 is 14.6 Å². The minimum absolute atomic E-state index is 0.193. The Hall–Kier alpha value is -2.48. The van der Waals surface area contributed by atoms with Gasteiger partial charge in [-0.25, -0.2) is 9.78 Å². The number of urea groups is 1. The maximum atomic E-state index is 12.3. The van der Waals surface area contributed by atoms with E-state index in [0.717, 1.165) is 12.8 Å². The first-order chi connectivity index (χ1) is 11.2. The molecule has 0 unspecified atom stereocenters. The van der Waals surface area contributed by atoms with Crippen LogP contribution in [0.4, 0.5) is 10.6 Å². The van der Waals surface area contributed by atoms with Gasteiger partial charge >= 0.3 is 6.03 Å². The molecule has 1 saturated heterocycles. The van der Waals surface area contributed by atoms with Gasteiger partial charge in [0.25, 0.3) is 0 Å². The monoisotopic (exact) mass is 317 g/mol. The molecule has 3 rings (SSSR count). The Morgan fingerprint density at radius 3 is 2.83 bits per heavy atom. The average molecular weight is 317 g/mol. The highest BCUT2D eigenvalue weighted by Gasteiger charge is 2.31. The lowest BCUT2D eigenvalue weighted by atomic mass is 9.91. The largest absolute Gasteiger partial charge is 0.381 e. The molecule has 8 heteroatoms. The smallest absolute Gasteiger partial charge is 0.321 e. The van der Waals surface area contributed by atoms with Crippen LogP contribution in [0.15, 0.2) is 28.9 Å². The van der Waals surface area contributed by atoms with Gasteiger partial charge in [0.2, 0.25) is 5.89 Å². The topological polar surface area (TPSA) is 102 Å². The van der Waals surface area contributed by atoms with Gasteiger partial charge in [-0.05, 0) is 37.8 Å². The molecule has 2 amide bonds. The van der Waals surface area contributed by atoms with Crippen molar-refractivity contribution in [1.82, 2.24) is 20.4 Å². The number of nitrogens with one attached hydrogen (secondary N) is 2. The number of ether oxygens (including phenoxy) is 1. The maximum Gasteiger partial charge on any atom is 0.321 e. The molecular weight excluding hydrogens is 298 g/mol. The van der Waals surface area contributed by atoms with Crippen LogP contribution in [0.2, 0.25) is 0 Å². The molecular formula is C15H19N5O3. The van der Waals surface area contributed by atoms with Gasteiger partial charge in [-0.2, -0.15) is 4.98 Å². The third-order valence-electron chi connectivity index (χ3n) is 3.74. The van der Waals surface area contributed by atoms with Crippen LogP contribution in [-0.2, 0) is 4.74 Å². The Bertz CT molecular complexity index is 640. The second kappa shape index (κ2) is 7.19. The van der Waals surface area contributed by atoms with Crippen molar-refractivity contribution in [3.8, 4) is 0 Å². The van der Waals surface area contributed by atoms with E-state index in [1.54, 1.807) is 31.3 Å². The van der Waals surface area contributed by atoms with Crippen LogP contribution in [-0.4, -0.2) is 34.4 Å². The number of rotatable bonds is 4. The van der Waals surface area contributed by atoms with E-state index in [2.05, 4.69) is 25.8 Å². The summed E-state index contributed by atoms with van der Waals surface area (Å²) in [6.45, 7) is 3.08. The van der Waals surface area contributed by atoms with E-state index in [0.29, 0.717) is 30.7 Å². The number of aromatic nitrogens is 3. The lowest BCUT2D eigenvalue weighted by Crippen LogP contribution is -2.38. The normalized spacial score (nSPS) is 16.7. The van der Waals surface area contributed by atoms with Gasteiger partial charge in [0.1, 0.15) is 11.9 Å². The molecule has 0 radical (unpaired) electrons. The summed E-state index contributed by atoms with van der Waals surface area (Å²) in [4.78, 5) is 20.6. The summed E-state index contributed by atoms with van der Waals surface area (Å²) in [5.74, 6) is 1.64. The molecule has 8 nitrogen and oxygen atoms in total. The molecule has 0 bridgehead atoms. The van der Waals surface area contributed by atoms with Crippen LogP contribution in [0.5, 0.6) is 0 Å². The number of nitrogens with zero attached hydrogens (tertiary/aromatic N) is 3. The number of hydrogen-bond donors (Lipinski definition) is 2. The fourth-order valence-electron chi connectivity index (χ4n) is 2.60. The zero-order valence-electron chi connectivity index (χ0n) is 12.9. The van der Waals surface area contributed by atoms with Crippen molar-refractivity contribution < 1.29 is 14.1 Å². The Morgan fingerprint density at radius 1 is 1.35 bits per heavy atom. The molecule has 0 saturated carbocycles. The minimum atomic E-state index is -0.351. The first kappa shape index (κ1) is 15.4. The summed E-state index contributed by atoms with van der Waals surface area (Å²) in [5.41, 5.74) is 0. The van der Waals surface area contributed by atoms with E-state index in [9.17, 15) is 4.79 Å². The van der Waals surface area contributed by atoms with Crippen LogP contribution in [0, 0.1) is 12.8 Å². The summed E-state index contributed by atoms with van der Waals surface area (Å²) in [5, 5.41) is 9.45. The number of amides is 2. The second-order valence-corrected chi connectivity index (χ2v) is 5.42. The molecule has 1 fully saturated rings. The molecule has 1 aliphatic heterocycles. The molecule has 3 heterocycles. The number of pyridine rings is 1. The molecule has 1 atom stereocenters. The van der Waals surface area contributed by atoms with Crippen molar-refractivity contribution in [2.75, 3.05) is 18.5 Å². The number of carbonyl (C=O) groups excluding carboxylic acids is 1. The van der Waals surface area contributed by atoms with Crippen LogP contribution in [0.3, 0.4) is 0 Å². The Balaban J connectivity index is 1.71. The molecule has 122 valence electrons. The SMILES string of the molecule is Cc1noc([C@@H](NC(=O)Nc2ccccn2)C2CCOCC2)n1. The lowest BCUT2D eigenvalue weighted by molar-refractivity contribution is 0.0506. The predicted molar refractivity (Wildman–Crippen MR) is 81.7 cm³/mol. The Morgan fingerprint density at radius 2 is 2.17 bits per heavy atom. The zero-order valence-corrected chi connectivity index (χ0v) is 12.9. The van der Waals surface area contributed by atoms with Crippen molar-refractivity contribution in [3.05, 3.63) is 36.1 Å². The summed E-state index contributed by atoms with van der Waals surface area (Å²) in [7, 11) is 0. The fourth-order valence-corrected chi connectivity index (χ4v) is 2.60. The molecule has 0 spiro atoms. The molecule has 2 aromatic heterocycles. The fraction of sp³-hybridized carbons (Fsp3) is 0.467. The van der Waals surface area contributed by atoms with Gasteiger partial charge in [0.15, 0.2) is 5.82 Å². The van der Waals surface area contributed by atoms with Crippen molar-refractivity contribution >= 4 is 11.8 Å². The zero-order chi connectivity index (χ0) is 16.1. The Labute approximate surface area is 133 Å². The lowest BCUT2D eigenvalue weighted by Gasteiger charge is -2.28. The second-order valence-electron chi connectivity index (χ2n) is 5.42. The highest BCUT2D eigenvalue weighted by Crippen LogP contribution is 2.29. The highest BCUT2D eigenvalue weighted by atomic mass is 16.5. The van der Waals surface area contributed by atoms with E-state index in [-0.39, 0.29) is 18.0 Å². The third-order valence-corrected chi connectivity index (χ3v) is 3.74. The van der Waals surface area contributed by atoms with E-state index in [4.69, 9.17) is 9.26 Å². The van der Waals surface area contributed by atoms with E-state index < -0.39 is 0 Å². The molecule has 23 heavy (non-hydrogen) atoms. The van der Waals surface area contributed by atoms with Crippen molar-refractivity contribution in [1.29, 1.82) is 0 Å². The third kappa shape index (κ3) is 4.04. The van der Waals surface area contributed by atoms with Gasteiger partial charge in [-0.15, -0.1) is 0 Å². The van der Waals surface area contributed by atoms with Gasteiger partial charge in [-0.1, -0.05) is 11.2 Å². The van der Waals surface area contributed by atoms with E-state index in [1.807, 2.05) is 0 Å². The summed E-state index contributed by atoms with van der Waals surface area (Å²) in [6, 6.07) is 4.62. The number of hydrogen-bond acceptors (Lipinski definition) is 6. The molecule has 1 aliphatic rings. The minimum Gasteiger partial charge on any atom is -0.381 e. The quantitative estimate of drug-likeness (QED) is 0.895. The highest BCUT2D eigenvalue weighted by molar-refractivity contribution is 5.88. The van der Waals surface area contributed by atoms with Gasteiger partial charge in [0, 0.05) is 19.4 Å². The van der Waals surface area contributed by atoms with Crippen LogP contribution in [0.1, 0.15) is 30.6 Å². The van der Waals surface area contributed by atoms with E-state index >= 15 is 0 Å². The molecule has 0 aliphatic carbocycles. The van der Waals surface area contributed by atoms with Crippen molar-refractivity contribution in [3.63, 3.8) is 0 Å². The first-order valence-electron chi connectivity index (χ1n) is 7.59. The molecule has 2 N–H and O–H groups in total. The number of anilines is 1. The van der Waals surface area contributed by atoms with Gasteiger partial charge in [0.05, 0.1) is 0 Å². The number of carbonyl (C=O) groups is 1. The summed E-state index contributed by atoms with van der Waals surface area (Å²) < 4.78 is 10.7. The maximum absolute atomic E-state index is 12.3. The average Bonchev–Trinajstić information content (AvgIpc) is 3.00.